The van der Waals surface area contributed by atoms with Gasteiger partial charge in [0.15, 0.2) is 0 Å². The Morgan fingerprint density at radius 2 is 1.64 bits per heavy atom. The quantitative estimate of drug-likeness (QED) is 0.885. The summed E-state index contributed by atoms with van der Waals surface area (Å²) < 4.78 is 0. The molecule has 144 valence electrons. The Bertz CT molecular complexity index is 940. The van der Waals surface area contributed by atoms with Crippen molar-refractivity contribution < 1.29 is 19.5 Å². The number of benzene rings is 2. The number of nitrogens with zero attached hydrogens (tertiary/aromatic N) is 2. The molecule has 0 radical (unpaired) electrons. The van der Waals surface area contributed by atoms with Gasteiger partial charge in [0.05, 0.1) is 12.5 Å². The molecule has 2 aliphatic rings. The fourth-order valence-corrected chi connectivity index (χ4v) is 4.21. The van der Waals surface area contributed by atoms with E-state index in [-0.39, 0.29) is 24.8 Å². The molecule has 0 saturated heterocycles. The molecule has 2 heterocycles. The van der Waals surface area contributed by atoms with E-state index in [0.29, 0.717) is 25.1 Å². The van der Waals surface area contributed by atoms with Crippen LogP contribution < -0.4 is 0 Å². The van der Waals surface area contributed by atoms with E-state index >= 15 is 0 Å². The molecule has 0 bridgehead atoms. The SMILES string of the molecule is O=C(O)C[C@@H]1c2ccccc2CCN1C(=O)CN1CCc2ccccc2C1=O. The Hall–Kier alpha value is -3.15. The average molecular weight is 378 g/mol. The van der Waals surface area contributed by atoms with Gasteiger partial charge in [-0.3, -0.25) is 14.4 Å². The monoisotopic (exact) mass is 378 g/mol. The second-order valence-corrected chi connectivity index (χ2v) is 7.28. The summed E-state index contributed by atoms with van der Waals surface area (Å²) in [7, 11) is 0. The minimum atomic E-state index is -0.942. The molecular formula is C22H22N2O4. The van der Waals surface area contributed by atoms with Gasteiger partial charge in [0.1, 0.15) is 6.54 Å². The maximum atomic E-state index is 13.1. The zero-order chi connectivity index (χ0) is 19.7. The third kappa shape index (κ3) is 3.38. The van der Waals surface area contributed by atoms with E-state index in [2.05, 4.69) is 0 Å². The summed E-state index contributed by atoms with van der Waals surface area (Å²) in [6, 6.07) is 14.6. The Kier molecular flexibility index (Phi) is 4.86. The highest BCUT2D eigenvalue weighted by atomic mass is 16.4. The summed E-state index contributed by atoms with van der Waals surface area (Å²) in [5, 5.41) is 9.36. The minimum Gasteiger partial charge on any atom is -0.481 e. The summed E-state index contributed by atoms with van der Waals surface area (Å²) in [5.41, 5.74) is 3.63. The van der Waals surface area contributed by atoms with Crippen molar-refractivity contribution in [2.45, 2.75) is 25.3 Å². The predicted octanol–water partition coefficient (Wildman–Crippen LogP) is 2.29. The number of rotatable bonds is 4. The van der Waals surface area contributed by atoms with Crippen molar-refractivity contribution in [3.8, 4) is 0 Å². The van der Waals surface area contributed by atoms with Crippen LogP contribution in [0.15, 0.2) is 48.5 Å². The van der Waals surface area contributed by atoms with Gasteiger partial charge in [0, 0.05) is 18.7 Å². The number of hydrogen-bond acceptors (Lipinski definition) is 3. The van der Waals surface area contributed by atoms with Crippen LogP contribution in [-0.2, 0) is 22.4 Å². The highest BCUT2D eigenvalue weighted by Crippen LogP contribution is 2.32. The van der Waals surface area contributed by atoms with Crippen molar-refractivity contribution >= 4 is 17.8 Å². The van der Waals surface area contributed by atoms with E-state index in [1.807, 2.05) is 42.5 Å². The second-order valence-electron chi connectivity index (χ2n) is 7.28. The largest absolute Gasteiger partial charge is 0.481 e. The lowest BCUT2D eigenvalue weighted by molar-refractivity contribution is -0.141. The van der Waals surface area contributed by atoms with Gasteiger partial charge in [0.2, 0.25) is 5.91 Å². The van der Waals surface area contributed by atoms with E-state index < -0.39 is 12.0 Å². The van der Waals surface area contributed by atoms with Crippen molar-refractivity contribution in [2.24, 2.45) is 0 Å². The van der Waals surface area contributed by atoms with Gasteiger partial charge < -0.3 is 14.9 Å². The highest BCUT2D eigenvalue weighted by molar-refractivity contribution is 5.98. The standard InChI is InChI=1S/C22H22N2O4/c25-20(14-23-11-9-16-6-2-4-8-18(16)22(23)28)24-12-10-15-5-1-3-7-17(15)19(24)13-21(26)27/h1-8,19H,9-14H2,(H,26,27)/t19-/m1/s1. The smallest absolute Gasteiger partial charge is 0.305 e. The van der Waals surface area contributed by atoms with E-state index in [1.165, 1.54) is 0 Å². The molecule has 28 heavy (non-hydrogen) atoms. The van der Waals surface area contributed by atoms with Gasteiger partial charge in [0.25, 0.3) is 5.91 Å². The first-order chi connectivity index (χ1) is 13.5. The minimum absolute atomic E-state index is 0.0224. The Labute approximate surface area is 163 Å². The van der Waals surface area contributed by atoms with E-state index in [9.17, 15) is 19.5 Å². The summed E-state index contributed by atoms with van der Waals surface area (Å²) in [6.07, 6.45) is 1.27. The molecule has 0 aliphatic carbocycles. The maximum Gasteiger partial charge on any atom is 0.305 e. The summed E-state index contributed by atoms with van der Waals surface area (Å²) in [5.74, 6) is -1.28. The third-order valence-corrected chi connectivity index (χ3v) is 5.61. The fraction of sp³-hybridized carbons (Fsp3) is 0.318. The normalized spacial score (nSPS) is 18.4. The van der Waals surface area contributed by atoms with Gasteiger partial charge in [-0.1, -0.05) is 42.5 Å². The van der Waals surface area contributed by atoms with Crippen LogP contribution in [0, 0.1) is 0 Å². The van der Waals surface area contributed by atoms with Crippen molar-refractivity contribution in [1.82, 2.24) is 9.80 Å². The second kappa shape index (κ2) is 7.46. The molecule has 0 saturated carbocycles. The first-order valence-electron chi connectivity index (χ1n) is 9.51. The molecule has 0 spiro atoms. The maximum absolute atomic E-state index is 13.1. The van der Waals surface area contributed by atoms with Gasteiger partial charge in [-0.05, 0) is 35.6 Å². The van der Waals surface area contributed by atoms with Crippen LogP contribution in [0.2, 0.25) is 0 Å². The van der Waals surface area contributed by atoms with E-state index in [1.54, 1.807) is 15.9 Å². The topological polar surface area (TPSA) is 77.9 Å². The number of amides is 2. The molecule has 2 amide bonds. The Morgan fingerprint density at radius 3 is 2.43 bits per heavy atom. The van der Waals surface area contributed by atoms with Crippen molar-refractivity contribution in [3.05, 3.63) is 70.8 Å². The Balaban J connectivity index is 1.54. The predicted molar refractivity (Wildman–Crippen MR) is 103 cm³/mol. The first kappa shape index (κ1) is 18.2. The lowest BCUT2D eigenvalue weighted by Crippen LogP contribution is -2.48. The number of carboxylic acid groups (broad SMARTS) is 1. The first-order valence-corrected chi connectivity index (χ1v) is 9.51. The van der Waals surface area contributed by atoms with Crippen LogP contribution in [0.25, 0.3) is 0 Å². The molecule has 2 aromatic rings. The van der Waals surface area contributed by atoms with Crippen LogP contribution in [0.3, 0.4) is 0 Å². The molecule has 0 fully saturated rings. The zero-order valence-electron chi connectivity index (χ0n) is 15.5. The van der Waals surface area contributed by atoms with Gasteiger partial charge in [-0.25, -0.2) is 0 Å². The highest BCUT2D eigenvalue weighted by Gasteiger charge is 2.34. The average Bonchev–Trinajstić information content (AvgIpc) is 2.70. The van der Waals surface area contributed by atoms with Gasteiger partial charge in [-0.15, -0.1) is 0 Å². The van der Waals surface area contributed by atoms with Crippen LogP contribution in [0.5, 0.6) is 0 Å². The number of carboxylic acids is 1. The molecule has 2 aliphatic heterocycles. The zero-order valence-corrected chi connectivity index (χ0v) is 15.5. The third-order valence-electron chi connectivity index (χ3n) is 5.61. The number of carbonyl (C=O) groups is 3. The van der Waals surface area contributed by atoms with Crippen molar-refractivity contribution in [1.29, 1.82) is 0 Å². The number of hydrogen-bond donors (Lipinski definition) is 1. The van der Waals surface area contributed by atoms with Crippen LogP contribution >= 0.6 is 0 Å². The molecule has 6 nitrogen and oxygen atoms in total. The molecule has 2 aromatic carbocycles. The number of carbonyl (C=O) groups excluding carboxylic acids is 2. The van der Waals surface area contributed by atoms with Gasteiger partial charge >= 0.3 is 5.97 Å². The summed E-state index contributed by atoms with van der Waals surface area (Å²) in [6.45, 7) is 0.938. The fourth-order valence-electron chi connectivity index (χ4n) is 4.21. The molecular weight excluding hydrogens is 356 g/mol. The van der Waals surface area contributed by atoms with Crippen molar-refractivity contribution in [3.63, 3.8) is 0 Å². The van der Waals surface area contributed by atoms with Crippen LogP contribution in [0.1, 0.15) is 39.5 Å². The van der Waals surface area contributed by atoms with Crippen molar-refractivity contribution in [2.75, 3.05) is 19.6 Å². The molecule has 1 N–H and O–H groups in total. The molecule has 1 atom stereocenters. The summed E-state index contributed by atoms with van der Waals surface area (Å²) in [4.78, 5) is 40.4. The van der Waals surface area contributed by atoms with Gasteiger partial charge in [-0.2, -0.15) is 0 Å². The molecule has 4 rings (SSSR count). The summed E-state index contributed by atoms with van der Waals surface area (Å²) >= 11 is 0. The van der Waals surface area contributed by atoms with E-state index in [0.717, 1.165) is 23.1 Å². The molecule has 6 heteroatoms. The number of fused-ring (bicyclic) bond motifs is 2. The van der Waals surface area contributed by atoms with Crippen LogP contribution in [-0.4, -0.2) is 52.3 Å². The lowest BCUT2D eigenvalue weighted by atomic mass is 9.90. The number of aliphatic carboxylic acids is 1. The lowest BCUT2D eigenvalue weighted by Gasteiger charge is -2.38. The van der Waals surface area contributed by atoms with E-state index in [4.69, 9.17) is 0 Å². The molecule has 0 unspecified atom stereocenters. The van der Waals surface area contributed by atoms with Crippen LogP contribution in [0.4, 0.5) is 0 Å². The Morgan fingerprint density at radius 1 is 0.964 bits per heavy atom. The molecule has 0 aromatic heterocycles.